The summed E-state index contributed by atoms with van der Waals surface area (Å²) in [6.07, 6.45) is 5.61. The van der Waals surface area contributed by atoms with E-state index in [1.54, 1.807) is 12.1 Å². The number of nitrogens with zero attached hydrogens (tertiary/aromatic N) is 4. The molecular formula is C42H39FN4OPt. The van der Waals surface area contributed by atoms with Gasteiger partial charge in [0.05, 0.1) is 5.69 Å². The van der Waals surface area contributed by atoms with Crippen molar-refractivity contribution in [3.63, 3.8) is 0 Å². The Morgan fingerprint density at radius 2 is 1.57 bits per heavy atom. The number of halogens is 1. The summed E-state index contributed by atoms with van der Waals surface area (Å²) in [7, 11) is 0. The molecule has 0 fully saturated rings. The fourth-order valence-corrected chi connectivity index (χ4v) is 6.46. The zero-order valence-electron chi connectivity index (χ0n) is 28.5. The zero-order chi connectivity index (χ0) is 33.4. The average Bonchev–Trinajstić information content (AvgIpc) is 3.60. The second-order valence-corrected chi connectivity index (χ2v) is 13.3. The monoisotopic (exact) mass is 829 g/mol. The molecule has 0 spiro atoms. The van der Waals surface area contributed by atoms with Gasteiger partial charge in [0.15, 0.2) is 0 Å². The van der Waals surface area contributed by atoms with Gasteiger partial charge in [-0.25, -0.2) is 9.37 Å². The Bertz CT molecular complexity index is 2250. The van der Waals surface area contributed by atoms with Crippen LogP contribution in [0.1, 0.15) is 64.4 Å². The molecule has 0 saturated carbocycles. The van der Waals surface area contributed by atoms with Gasteiger partial charge in [0, 0.05) is 34.5 Å². The molecule has 0 aliphatic heterocycles. The fourth-order valence-electron chi connectivity index (χ4n) is 6.46. The van der Waals surface area contributed by atoms with Crippen LogP contribution in [0.4, 0.5) is 4.39 Å². The molecule has 7 heteroatoms. The summed E-state index contributed by atoms with van der Waals surface area (Å²) in [4.78, 5) is 4.74. The van der Waals surface area contributed by atoms with E-state index in [2.05, 4.69) is 77.1 Å². The molecule has 0 radical (unpaired) electrons. The maximum Gasteiger partial charge on any atom is 2.00 e. The molecule has 0 N–H and O–H groups in total. The van der Waals surface area contributed by atoms with Crippen molar-refractivity contribution < 1.29 is 30.2 Å². The van der Waals surface area contributed by atoms with E-state index in [9.17, 15) is 4.39 Å². The van der Waals surface area contributed by atoms with Crippen molar-refractivity contribution in [3.8, 4) is 34.1 Å². The van der Waals surface area contributed by atoms with Crippen molar-refractivity contribution in [2.24, 2.45) is 0 Å². The van der Waals surface area contributed by atoms with E-state index in [1.807, 2.05) is 57.9 Å². The van der Waals surface area contributed by atoms with Gasteiger partial charge in [0.2, 0.25) is 0 Å². The van der Waals surface area contributed by atoms with Gasteiger partial charge in [-0.1, -0.05) is 83.3 Å². The van der Waals surface area contributed by atoms with E-state index in [0.29, 0.717) is 11.5 Å². The van der Waals surface area contributed by atoms with Crippen LogP contribution >= 0.6 is 0 Å². The van der Waals surface area contributed by atoms with Crippen molar-refractivity contribution in [1.29, 1.82) is 0 Å². The van der Waals surface area contributed by atoms with E-state index < -0.39 is 0 Å². The number of hydrogen-bond acceptors (Lipinski definition) is 3. The van der Waals surface area contributed by atoms with Crippen LogP contribution in [-0.4, -0.2) is 19.3 Å². The van der Waals surface area contributed by atoms with Gasteiger partial charge >= 0.3 is 21.1 Å². The van der Waals surface area contributed by atoms with Crippen molar-refractivity contribution in [3.05, 3.63) is 132 Å². The molecule has 5 nitrogen and oxygen atoms in total. The molecule has 7 rings (SSSR count). The Hall–Kier alpha value is -4.54. The third-order valence-corrected chi connectivity index (χ3v) is 8.74. The van der Waals surface area contributed by atoms with Gasteiger partial charge in [0.1, 0.15) is 11.6 Å². The van der Waals surface area contributed by atoms with E-state index in [1.165, 1.54) is 22.9 Å². The van der Waals surface area contributed by atoms with Crippen LogP contribution in [-0.2, 0) is 39.3 Å². The average molecular weight is 830 g/mol. The van der Waals surface area contributed by atoms with E-state index >= 15 is 0 Å². The third kappa shape index (κ3) is 6.72. The fraction of sp³-hybridized carbons (Fsp3) is 0.238. The predicted molar refractivity (Wildman–Crippen MR) is 192 cm³/mol. The second kappa shape index (κ2) is 14.1. The molecule has 0 aliphatic carbocycles. The van der Waals surface area contributed by atoms with Crippen LogP contribution in [0.2, 0.25) is 0 Å². The van der Waals surface area contributed by atoms with E-state index in [0.717, 1.165) is 70.3 Å². The van der Waals surface area contributed by atoms with Crippen molar-refractivity contribution >= 4 is 21.8 Å². The van der Waals surface area contributed by atoms with Crippen LogP contribution in [0, 0.1) is 17.9 Å². The molecule has 0 atom stereocenters. The first kappa shape index (κ1) is 34.3. The van der Waals surface area contributed by atoms with Gasteiger partial charge in [-0.3, -0.25) is 4.68 Å². The molecule has 7 aromatic rings. The Morgan fingerprint density at radius 3 is 2.33 bits per heavy atom. The van der Waals surface area contributed by atoms with Crippen LogP contribution < -0.4 is 4.74 Å². The SMILES string of the molecule is CCCc1nn(-c2[c-]c(Oc3[c-]c4c(cc3)c3cc(F)ccc3n4-c3cc(C(C)(C)C)ccn3)ccc2)c(CCC)c1-c1ccccc1.[Pt+2]. The first-order valence-electron chi connectivity index (χ1n) is 16.7. The number of hydrogen-bond donors (Lipinski definition) is 0. The third-order valence-electron chi connectivity index (χ3n) is 8.74. The molecule has 250 valence electrons. The van der Waals surface area contributed by atoms with Crippen LogP contribution in [0.3, 0.4) is 0 Å². The van der Waals surface area contributed by atoms with Crippen molar-refractivity contribution in [1.82, 2.24) is 19.3 Å². The van der Waals surface area contributed by atoms with Crippen molar-refractivity contribution in [2.75, 3.05) is 0 Å². The smallest absolute Gasteiger partial charge is 0.509 e. The first-order valence-corrected chi connectivity index (χ1v) is 16.7. The zero-order valence-corrected chi connectivity index (χ0v) is 30.7. The van der Waals surface area contributed by atoms with Gasteiger partial charge < -0.3 is 9.30 Å². The summed E-state index contributed by atoms with van der Waals surface area (Å²) in [6.45, 7) is 10.9. The molecular weight excluding hydrogens is 791 g/mol. The summed E-state index contributed by atoms with van der Waals surface area (Å²) in [5, 5.41) is 6.80. The summed E-state index contributed by atoms with van der Waals surface area (Å²) in [5.41, 5.74) is 8.20. The normalized spacial score (nSPS) is 11.6. The maximum atomic E-state index is 14.5. The number of rotatable bonds is 9. The van der Waals surface area contributed by atoms with Gasteiger partial charge in [0.25, 0.3) is 0 Å². The number of aromatic nitrogens is 4. The summed E-state index contributed by atoms with van der Waals surface area (Å²) in [6, 6.07) is 36.2. The quantitative estimate of drug-likeness (QED) is 0.136. The van der Waals surface area contributed by atoms with Crippen LogP contribution in [0.5, 0.6) is 11.5 Å². The summed E-state index contributed by atoms with van der Waals surface area (Å²) < 4.78 is 25.0. The second-order valence-electron chi connectivity index (χ2n) is 13.3. The summed E-state index contributed by atoms with van der Waals surface area (Å²) in [5.74, 6) is 1.54. The molecule has 0 unspecified atom stereocenters. The largest absolute Gasteiger partial charge is 2.00 e. The minimum atomic E-state index is -0.289. The minimum absolute atomic E-state index is 0. The predicted octanol–water partition coefficient (Wildman–Crippen LogP) is 10.8. The molecule has 0 saturated heterocycles. The van der Waals surface area contributed by atoms with E-state index in [4.69, 9.17) is 14.8 Å². The van der Waals surface area contributed by atoms with E-state index in [-0.39, 0.29) is 32.3 Å². The number of benzene rings is 4. The Kier molecular flexibility index (Phi) is 9.90. The molecule has 49 heavy (non-hydrogen) atoms. The topological polar surface area (TPSA) is 44.9 Å². The minimum Gasteiger partial charge on any atom is -0.509 e. The standard InChI is InChI=1S/C42H39FN4O.Pt/c1-6-12-36-41(28-14-9-8-10-15-28)38(13-7-2)47(45-36)31-16-11-17-32(26-31)48-33-19-20-34-35-25-30(43)18-21-37(35)46(39(34)27-33)40-24-29(22-23-44-40)42(3,4)5;/h8-11,14-25H,6-7,12-13H2,1-5H3;/q-2;+2. The van der Waals surface area contributed by atoms with Crippen LogP contribution in [0.15, 0.2) is 97.2 Å². The number of ether oxygens (including phenoxy) is 1. The maximum absolute atomic E-state index is 14.5. The van der Waals surface area contributed by atoms with Crippen molar-refractivity contribution in [2.45, 2.75) is 65.7 Å². The van der Waals surface area contributed by atoms with Crippen LogP contribution in [0.25, 0.3) is 44.4 Å². The molecule has 3 aromatic heterocycles. The molecule has 0 aliphatic rings. The number of pyridine rings is 1. The Labute approximate surface area is 302 Å². The van der Waals surface area contributed by atoms with Gasteiger partial charge in [-0.2, -0.15) is 17.2 Å². The summed E-state index contributed by atoms with van der Waals surface area (Å²) >= 11 is 0. The first-order chi connectivity index (χ1) is 23.2. The molecule has 4 aromatic carbocycles. The molecule has 3 heterocycles. The number of fused-ring (bicyclic) bond motifs is 3. The molecule has 0 bridgehead atoms. The number of aryl methyl sites for hydroxylation is 1. The Morgan fingerprint density at radius 1 is 0.796 bits per heavy atom. The molecule has 0 amide bonds. The van der Waals surface area contributed by atoms with Gasteiger partial charge in [-0.15, -0.1) is 35.7 Å². The van der Waals surface area contributed by atoms with Gasteiger partial charge in [-0.05, 0) is 70.8 Å². The Balaban J connectivity index is 0.00000417.